The second kappa shape index (κ2) is 6.02. The molecule has 1 atom stereocenters. The normalized spacial score (nSPS) is 19.6. The molecular weight excluding hydrogens is 178 g/mol. The summed E-state index contributed by atoms with van der Waals surface area (Å²) in [5, 5.41) is 0. The third-order valence-corrected chi connectivity index (χ3v) is 2.84. The Hall–Kier alpha value is -0.570. The average Bonchev–Trinajstić information content (AvgIpc) is 2.66. The Morgan fingerprint density at radius 1 is 1.50 bits per heavy atom. The molecule has 1 fully saturated rings. The Morgan fingerprint density at radius 3 is 2.64 bits per heavy atom. The molecule has 1 rings (SSSR count). The van der Waals surface area contributed by atoms with Gasteiger partial charge < -0.3 is 10.5 Å². The van der Waals surface area contributed by atoms with Crippen LogP contribution in [0.5, 0.6) is 0 Å². The van der Waals surface area contributed by atoms with E-state index in [2.05, 4.69) is 6.92 Å². The summed E-state index contributed by atoms with van der Waals surface area (Å²) in [4.78, 5) is 11.6. The summed E-state index contributed by atoms with van der Waals surface area (Å²) in [5.41, 5.74) is 5.53. The number of nitrogens with two attached hydrogens (primary N) is 1. The zero-order chi connectivity index (χ0) is 10.4. The van der Waals surface area contributed by atoms with Gasteiger partial charge >= 0.3 is 5.97 Å². The van der Waals surface area contributed by atoms with E-state index in [4.69, 9.17) is 10.5 Å². The standard InChI is InChI=1S/C11H21NO2/c1-2-5-9(8-12)11(13)14-10-6-3-4-7-10/h9-10H,2-8,12H2,1H3. The van der Waals surface area contributed by atoms with Crippen molar-refractivity contribution in [2.24, 2.45) is 11.7 Å². The Kier molecular flexibility index (Phi) is 4.94. The lowest BCUT2D eigenvalue weighted by atomic mass is 10.0. The minimum Gasteiger partial charge on any atom is -0.462 e. The first kappa shape index (κ1) is 11.5. The van der Waals surface area contributed by atoms with E-state index in [9.17, 15) is 4.79 Å². The van der Waals surface area contributed by atoms with Crippen LogP contribution < -0.4 is 5.73 Å². The number of carbonyl (C=O) groups is 1. The molecule has 0 aromatic carbocycles. The lowest BCUT2D eigenvalue weighted by Crippen LogP contribution is -2.28. The molecule has 82 valence electrons. The van der Waals surface area contributed by atoms with Crippen molar-refractivity contribution in [2.45, 2.75) is 51.6 Å². The monoisotopic (exact) mass is 199 g/mol. The van der Waals surface area contributed by atoms with Crippen LogP contribution in [0.25, 0.3) is 0 Å². The van der Waals surface area contributed by atoms with Gasteiger partial charge in [0.25, 0.3) is 0 Å². The minimum atomic E-state index is -0.0828. The van der Waals surface area contributed by atoms with Crippen molar-refractivity contribution < 1.29 is 9.53 Å². The van der Waals surface area contributed by atoms with Crippen LogP contribution in [0, 0.1) is 5.92 Å². The topological polar surface area (TPSA) is 52.3 Å². The van der Waals surface area contributed by atoms with Crippen LogP contribution in [0.2, 0.25) is 0 Å². The summed E-state index contributed by atoms with van der Waals surface area (Å²) in [6.07, 6.45) is 6.47. The summed E-state index contributed by atoms with van der Waals surface area (Å²) in [7, 11) is 0. The lowest BCUT2D eigenvalue weighted by Gasteiger charge is -2.16. The number of hydrogen-bond donors (Lipinski definition) is 1. The summed E-state index contributed by atoms with van der Waals surface area (Å²) in [5.74, 6) is -0.165. The molecular formula is C11H21NO2. The predicted octanol–water partition coefficient (Wildman–Crippen LogP) is 1.85. The molecule has 0 radical (unpaired) electrons. The molecule has 0 amide bonds. The summed E-state index contributed by atoms with van der Waals surface area (Å²) in [6.45, 7) is 2.48. The highest BCUT2D eigenvalue weighted by molar-refractivity contribution is 5.72. The van der Waals surface area contributed by atoms with Gasteiger partial charge in [-0.05, 0) is 32.1 Å². The van der Waals surface area contributed by atoms with Crippen molar-refractivity contribution in [3.63, 3.8) is 0 Å². The quantitative estimate of drug-likeness (QED) is 0.687. The van der Waals surface area contributed by atoms with Crippen LogP contribution in [0.4, 0.5) is 0 Å². The summed E-state index contributed by atoms with van der Waals surface area (Å²) < 4.78 is 5.40. The van der Waals surface area contributed by atoms with Crippen LogP contribution in [-0.2, 0) is 9.53 Å². The molecule has 0 bridgehead atoms. The van der Waals surface area contributed by atoms with Gasteiger partial charge in [-0.2, -0.15) is 0 Å². The maximum Gasteiger partial charge on any atom is 0.310 e. The van der Waals surface area contributed by atoms with Crippen LogP contribution in [0.15, 0.2) is 0 Å². The first-order valence-corrected chi connectivity index (χ1v) is 5.68. The third kappa shape index (κ3) is 3.29. The van der Waals surface area contributed by atoms with Crippen molar-refractivity contribution in [3.8, 4) is 0 Å². The molecule has 0 spiro atoms. The lowest BCUT2D eigenvalue weighted by molar-refractivity contribution is -0.153. The molecule has 1 saturated carbocycles. The van der Waals surface area contributed by atoms with E-state index < -0.39 is 0 Å². The fraction of sp³-hybridized carbons (Fsp3) is 0.909. The summed E-state index contributed by atoms with van der Waals surface area (Å²) >= 11 is 0. The predicted molar refractivity (Wildman–Crippen MR) is 55.8 cm³/mol. The van der Waals surface area contributed by atoms with E-state index >= 15 is 0 Å². The van der Waals surface area contributed by atoms with Gasteiger partial charge in [0.15, 0.2) is 0 Å². The van der Waals surface area contributed by atoms with Gasteiger partial charge in [0.1, 0.15) is 6.10 Å². The van der Waals surface area contributed by atoms with Crippen LogP contribution in [0.1, 0.15) is 45.4 Å². The zero-order valence-electron chi connectivity index (χ0n) is 9.00. The molecule has 0 aromatic rings. The number of hydrogen-bond acceptors (Lipinski definition) is 3. The van der Waals surface area contributed by atoms with E-state index in [0.717, 1.165) is 25.7 Å². The molecule has 3 nitrogen and oxygen atoms in total. The van der Waals surface area contributed by atoms with Crippen LogP contribution in [0.3, 0.4) is 0 Å². The maximum absolute atomic E-state index is 11.6. The van der Waals surface area contributed by atoms with E-state index in [1.807, 2.05) is 0 Å². The van der Waals surface area contributed by atoms with Gasteiger partial charge in [-0.3, -0.25) is 4.79 Å². The van der Waals surface area contributed by atoms with Crippen molar-refractivity contribution in [1.82, 2.24) is 0 Å². The first-order chi connectivity index (χ1) is 6.77. The zero-order valence-corrected chi connectivity index (χ0v) is 9.00. The summed E-state index contributed by atoms with van der Waals surface area (Å²) in [6, 6.07) is 0. The molecule has 1 aliphatic carbocycles. The molecule has 0 aliphatic heterocycles. The number of rotatable bonds is 5. The highest BCUT2D eigenvalue weighted by Crippen LogP contribution is 2.22. The van der Waals surface area contributed by atoms with Crippen molar-refractivity contribution in [1.29, 1.82) is 0 Å². The smallest absolute Gasteiger partial charge is 0.310 e. The number of esters is 1. The fourth-order valence-corrected chi connectivity index (χ4v) is 1.95. The van der Waals surface area contributed by atoms with Gasteiger partial charge in [0, 0.05) is 6.54 Å². The van der Waals surface area contributed by atoms with E-state index in [1.165, 1.54) is 12.8 Å². The number of carbonyl (C=O) groups excluding carboxylic acids is 1. The number of ether oxygens (including phenoxy) is 1. The van der Waals surface area contributed by atoms with Crippen molar-refractivity contribution >= 4 is 5.97 Å². The largest absolute Gasteiger partial charge is 0.462 e. The van der Waals surface area contributed by atoms with Gasteiger partial charge in [-0.25, -0.2) is 0 Å². The molecule has 14 heavy (non-hydrogen) atoms. The molecule has 0 aromatic heterocycles. The highest BCUT2D eigenvalue weighted by Gasteiger charge is 2.23. The van der Waals surface area contributed by atoms with Crippen LogP contribution >= 0.6 is 0 Å². The Balaban J connectivity index is 2.30. The molecule has 0 heterocycles. The Morgan fingerprint density at radius 2 is 2.14 bits per heavy atom. The minimum absolute atomic E-state index is 0.0822. The maximum atomic E-state index is 11.6. The second-order valence-electron chi connectivity index (χ2n) is 4.06. The fourth-order valence-electron chi connectivity index (χ4n) is 1.95. The van der Waals surface area contributed by atoms with Crippen LogP contribution in [-0.4, -0.2) is 18.6 Å². The molecule has 1 aliphatic rings. The molecule has 0 saturated heterocycles. The second-order valence-corrected chi connectivity index (χ2v) is 4.06. The third-order valence-electron chi connectivity index (χ3n) is 2.84. The Labute approximate surface area is 86.0 Å². The van der Waals surface area contributed by atoms with Gasteiger partial charge in [0.2, 0.25) is 0 Å². The molecule has 2 N–H and O–H groups in total. The SMILES string of the molecule is CCCC(CN)C(=O)OC1CCCC1. The van der Waals surface area contributed by atoms with Gasteiger partial charge in [0.05, 0.1) is 5.92 Å². The van der Waals surface area contributed by atoms with Crippen molar-refractivity contribution in [2.75, 3.05) is 6.54 Å². The molecule has 3 heteroatoms. The highest BCUT2D eigenvalue weighted by atomic mass is 16.5. The van der Waals surface area contributed by atoms with E-state index in [1.54, 1.807) is 0 Å². The average molecular weight is 199 g/mol. The van der Waals surface area contributed by atoms with E-state index in [-0.39, 0.29) is 18.0 Å². The Bertz CT molecular complexity index is 176. The van der Waals surface area contributed by atoms with Crippen molar-refractivity contribution in [3.05, 3.63) is 0 Å². The first-order valence-electron chi connectivity index (χ1n) is 5.68. The molecule has 1 unspecified atom stereocenters. The van der Waals surface area contributed by atoms with Gasteiger partial charge in [-0.1, -0.05) is 13.3 Å². The van der Waals surface area contributed by atoms with E-state index in [0.29, 0.717) is 6.54 Å². The van der Waals surface area contributed by atoms with Gasteiger partial charge in [-0.15, -0.1) is 0 Å².